The number of aromatic nitrogens is 2. The highest BCUT2D eigenvalue weighted by Crippen LogP contribution is 2.41. The number of rotatable bonds is 4. The summed E-state index contributed by atoms with van der Waals surface area (Å²) < 4.78 is 0. The molecule has 1 amide bonds. The summed E-state index contributed by atoms with van der Waals surface area (Å²) in [6, 6.07) is 0. The van der Waals surface area contributed by atoms with Gasteiger partial charge < -0.3 is 5.32 Å². The second-order valence-corrected chi connectivity index (χ2v) is 8.28. The lowest BCUT2D eigenvalue weighted by Crippen LogP contribution is -2.30. The van der Waals surface area contributed by atoms with Crippen molar-refractivity contribution in [3.8, 4) is 0 Å². The zero-order chi connectivity index (χ0) is 15.7. The summed E-state index contributed by atoms with van der Waals surface area (Å²) in [6.45, 7) is 6.85. The second-order valence-electron chi connectivity index (χ2n) is 5.87. The van der Waals surface area contributed by atoms with Crippen LogP contribution in [0.3, 0.4) is 0 Å². The molecular formula is C16H21N3OS2. The number of carbonyl (C=O) groups is 1. The summed E-state index contributed by atoms with van der Waals surface area (Å²) in [4.78, 5) is 23.4. The number of hydrogen-bond acceptors (Lipinski definition) is 5. The normalized spacial score (nSPS) is 19.0. The van der Waals surface area contributed by atoms with Crippen molar-refractivity contribution in [2.75, 3.05) is 6.54 Å². The molecule has 1 N–H and O–H groups in total. The molecule has 0 fully saturated rings. The topological polar surface area (TPSA) is 54.9 Å². The predicted octanol–water partition coefficient (Wildman–Crippen LogP) is 3.43. The van der Waals surface area contributed by atoms with Crippen LogP contribution in [-0.4, -0.2) is 27.7 Å². The number of fused-ring (bicyclic) bond motifs is 3. The van der Waals surface area contributed by atoms with Crippen LogP contribution >= 0.6 is 23.1 Å². The molecule has 0 unspecified atom stereocenters. The van der Waals surface area contributed by atoms with Crippen LogP contribution in [0.5, 0.6) is 0 Å². The molecule has 3 rings (SSSR count). The Hall–Kier alpha value is -1.14. The van der Waals surface area contributed by atoms with E-state index in [2.05, 4.69) is 22.2 Å². The number of nitrogens with one attached hydrogen (secondary N) is 1. The summed E-state index contributed by atoms with van der Waals surface area (Å²) in [5, 5.41) is 4.88. The number of thiophene rings is 1. The molecule has 0 radical (unpaired) electrons. The third kappa shape index (κ3) is 2.99. The van der Waals surface area contributed by atoms with E-state index in [0.29, 0.717) is 6.54 Å². The van der Waals surface area contributed by atoms with Crippen LogP contribution in [-0.2, 0) is 17.6 Å². The van der Waals surface area contributed by atoms with E-state index in [0.717, 1.165) is 28.6 Å². The maximum atomic E-state index is 12.0. The van der Waals surface area contributed by atoms with Crippen LogP contribution < -0.4 is 5.32 Å². The molecule has 0 bridgehead atoms. The van der Waals surface area contributed by atoms with Crippen molar-refractivity contribution in [1.82, 2.24) is 15.3 Å². The largest absolute Gasteiger partial charge is 0.355 e. The van der Waals surface area contributed by atoms with Crippen LogP contribution in [0.25, 0.3) is 10.2 Å². The summed E-state index contributed by atoms with van der Waals surface area (Å²) in [5.74, 6) is 0.816. The van der Waals surface area contributed by atoms with Gasteiger partial charge in [0.25, 0.3) is 0 Å². The van der Waals surface area contributed by atoms with Gasteiger partial charge in [0.05, 0.1) is 5.25 Å². The first-order chi connectivity index (χ1) is 10.6. The summed E-state index contributed by atoms with van der Waals surface area (Å²) in [6.07, 6.45) is 5.10. The number of amides is 1. The van der Waals surface area contributed by atoms with Gasteiger partial charge in [-0.05, 0) is 44.6 Å². The maximum absolute atomic E-state index is 12.0. The van der Waals surface area contributed by atoms with Crippen molar-refractivity contribution in [3.63, 3.8) is 0 Å². The molecule has 0 aliphatic heterocycles. The van der Waals surface area contributed by atoms with Crippen molar-refractivity contribution < 1.29 is 4.79 Å². The zero-order valence-electron chi connectivity index (χ0n) is 13.2. The lowest BCUT2D eigenvalue weighted by molar-refractivity contribution is -0.120. The highest BCUT2D eigenvalue weighted by atomic mass is 32.2. The fourth-order valence-corrected chi connectivity index (χ4v) is 5.26. The average Bonchev–Trinajstić information content (AvgIpc) is 2.85. The molecule has 0 saturated carbocycles. The van der Waals surface area contributed by atoms with Crippen molar-refractivity contribution in [3.05, 3.63) is 16.8 Å². The molecule has 6 heteroatoms. The van der Waals surface area contributed by atoms with Gasteiger partial charge in [0.1, 0.15) is 16.2 Å². The van der Waals surface area contributed by atoms with E-state index in [1.807, 2.05) is 13.8 Å². The standard InChI is InChI=1S/C16H21N3OS2/c1-4-17-14(20)10(3)21-15-13-11-6-5-9(2)7-12(11)22-16(13)19-8-18-15/h8-10H,4-7H2,1-3H3,(H,17,20)/t9-,10+/m0/s1. The molecular weight excluding hydrogens is 314 g/mol. The lowest BCUT2D eigenvalue weighted by Gasteiger charge is -2.18. The van der Waals surface area contributed by atoms with E-state index in [1.54, 1.807) is 29.4 Å². The molecule has 1 aliphatic rings. The van der Waals surface area contributed by atoms with Gasteiger partial charge in [0.15, 0.2) is 0 Å². The first-order valence-corrected chi connectivity index (χ1v) is 9.49. The summed E-state index contributed by atoms with van der Waals surface area (Å²) >= 11 is 3.34. The first-order valence-electron chi connectivity index (χ1n) is 7.79. The quantitative estimate of drug-likeness (QED) is 0.687. The smallest absolute Gasteiger partial charge is 0.233 e. The SMILES string of the molecule is CCNC(=O)[C@@H](C)Sc1ncnc2sc3c(c12)CC[C@H](C)C3. The van der Waals surface area contributed by atoms with Gasteiger partial charge in [-0.2, -0.15) is 0 Å². The summed E-state index contributed by atoms with van der Waals surface area (Å²) in [7, 11) is 0. The first kappa shape index (κ1) is 15.7. The third-order valence-corrected chi connectivity index (χ3v) is 6.33. The van der Waals surface area contributed by atoms with Crippen molar-refractivity contribution in [1.29, 1.82) is 0 Å². The number of carbonyl (C=O) groups excluding carboxylic acids is 1. The number of nitrogens with zero attached hydrogens (tertiary/aromatic N) is 2. The minimum atomic E-state index is -0.142. The molecule has 4 nitrogen and oxygen atoms in total. The van der Waals surface area contributed by atoms with Crippen LogP contribution in [0, 0.1) is 5.92 Å². The van der Waals surface area contributed by atoms with Gasteiger partial charge in [-0.25, -0.2) is 9.97 Å². The Morgan fingerprint density at radius 3 is 3.14 bits per heavy atom. The van der Waals surface area contributed by atoms with Crippen LogP contribution in [0.1, 0.15) is 37.6 Å². The monoisotopic (exact) mass is 335 g/mol. The molecule has 0 saturated heterocycles. The molecule has 2 aromatic heterocycles. The molecule has 1 aliphatic carbocycles. The fourth-order valence-electron chi connectivity index (χ4n) is 2.87. The van der Waals surface area contributed by atoms with E-state index in [-0.39, 0.29) is 11.2 Å². The maximum Gasteiger partial charge on any atom is 0.233 e. The van der Waals surface area contributed by atoms with E-state index in [1.165, 1.54) is 22.2 Å². The molecule has 2 heterocycles. The van der Waals surface area contributed by atoms with E-state index < -0.39 is 0 Å². The van der Waals surface area contributed by atoms with Crippen LogP contribution in [0.2, 0.25) is 0 Å². The van der Waals surface area contributed by atoms with Gasteiger partial charge in [-0.3, -0.25) is 4.79 Å². The third-order valence-electron chi connectivity index (χ3n) is 4.07. The van der Waals surface area contributed by atoms with Crippen molar-refractivity contribution in [2.24, 2.45) is 5.92 Å². The minimum Gasteiger partial charge on any atom is -0.355 e. The van der Waals surface area contributed by atoms with Crippen LogP contribution in [0.15, 0.2) is 11.4 Å². The Labute approximate surface area is 139 Å². The Morgan fingerprint density at radius 2 is 2.36 bits per heavy atom. The lowest BCUT2D eigenvalue weighted by atomic mass is 9.89. The highest BCUT2D eigenvalue weighted by Gasteiger charge is 2.24. The van der Waals surface area contributed by atoms with E-state index in [9.17, 15) is 4.79 Å². The molecule has 0 aromatic carbocycles. The van der Waals surface area contributed by atoms with Crippen molar-refractivity contribution in [2.45, 2.75) is 50.3 Å². The molecule has 118 valence electrons. The van der Waals surface area contributed by atoms with Crippen LogP contribution in [0.4, 0.5) is 0 Å². The molecule has 0 spiro atoms. The Kier molecular flexibility index (Phi) is 4.68. The summed E-state index contributed by atoms with van der Waals surface area (Å²) in [5.41, 5.74) is 1.42. The number of hydrogen-bond donors (Lipinski definition) is 1. The minimum absolute atomic E-state index is 0.0666. The molecule has 2 aromatic rings. The van der Waals surface area contributed by atoms with Crippen molar-refractivity contribution >= 4 is 39.2 Å². The molecule has 2 atom stereocenters. The zero-order valence-corrected chi connectivity index (χ0v) is 14.8. The Bertz CT molecular complexity index is 698. The van der Waals surface area contributed by atoms with Gasteiger partial charge in [-0.1, -0.05) is 18.7 Å². The Balaban J connectivity index is 1.95. The van der Waals surface area contributed by atoms with E-state index in [4.69, 9.17) is 0 Å². The van der Waals surface area contributed by atoms with Gasteiger partial charge >= 0.3 is 0 Å². The van der Waals surface area contributed by atoms with E-state index >= 15 is 0 Å². The number of thioether (sulfide) groups is 1. The predicted molar refractivity (Wildman–Crippen MR) is 92.6 cm³/mol. The fraction of sp³-hybridized carbons (Fsp3) is 0.562. The highest BCUT2D eigenvalue weighted by molar-refractivity contribution is 8.00. The second kappa shape index (κ2) is 6.54. The van der Waals surface area contributed by atoms with Gasteiger partial charge in [0.2, 0.25) is 5.91 Å². The van der Waals surface area contributed by atoms with Gasteiger partial charge in [-0.15, -0.1) is 11.3 Å². The molecule has 22 heavy (non-hydrogen) atoms. The average molecular weight is 335 g/mol. The number of aryl methyl sites for hydroxylation is 1. The van der Waals surface area contributed by atoms with Gasteiger partial charge in [0, 0.05) is 16.8 Å². The Morgan fingerprint density at radius 1 is 1.55 bits per heavy atom.